The monoisotopic (exact) mass is 338 g/mol. The van der Waals surface area contributed by atoms with E-state index in [1.807, 2.05) is 0 Å². The normalized spacial score (nSPS) is 24.6. The van der Waals surface area contributed by atoms with Crippen molar-refractivity contribution in [2.45, 2.75) is 25.7 Å². The topological polar surface area (TPSA) is 94.9 Å². The molecule has 9 nitrogen and oxygen atoms in total. The smallest absolute Gasteiger partial charge is 0.256 e. The Balaban J connectivity index is 1.53. The highest BCUT2D eigenvalue weighted by Crippen LogP contribution is 2.13. The zero-order valence-corrected chi connectivity index (χ0v) is 13.6. The lowest BCUT2D eigenvalue weighted by atomic mass is 10.2. The second-order valence-corrected chi connectivity index (χ2v) is 5.78. The first-order valence-electron chi connectivity index (χ1n) is 8.05. The lowest BCUT2D eigenvalue weighted by Gasteiger charge is -2.28. The van der Waals surface area contributed by atoms with E-state index >= 15 is 0 Å². The molecule has 2 aliphatic heterocycles. The van der Waals surface area contributed by atoms with Gasteiger partial charge in [-0.15, -0.1) is 0 Å². The Morgan fingerprint density at radius 3 is 2.75 bits per heavy atom. The molecule has 2 saturated heterocycles. The Morgan fingerprint density at radius 2 is 2.00 bits per heavy atom. The van der Waals surface area contributed by atoms with Crippen LogP contribution in [-0.4, -0.2) is 78.2 Å². The number of aromatic nitrogens is 2. The molecule has 0 unspecified atom stereocenters. The van der Waals surface area contributed by atoms with Crippen molar-refractivity contribution in [2.75, 3.05) is 44.8 Å². The molecular formula is C15H22N4O5. The molecule has 24 heavy (non-hydrogen) atoms. The van der Waals surface area contributed by atoms with Gasteiger partial charge in [0.1, 0.15) is 6.54 Å². The van der Waals surface area contributed by atoms with E-state index in [4.69, 9.17) is 14.2 Å². The molecule has 1 N–H and O–H groups in total. The molecule has 0 aromatic carbocycles. The fourth-order valence-corrected chi connectivity index (χ4v) is 2.70. The number of hydrogen-bond acceptors (Lipinski definition) is 6. The molecule has 2 fully saturated rings. The van der Waals surface area contributed by atoms with E-state index in [1.165, 1.54) is 10.9 Å². The van der Waals surface area contributed by atoms with E-state index < -0.39 is 6.10 Å². The van der Waals surface area contributed by atoms with Gasteiger partial charge in [-0.05, 0) is 6.92 Å². The van der Waals surface area contributed by atoms with Crippen LogP contribution in [0.25, 0.3) is 0 Å². The van der Waals surface area contributed by atoms with Crippen molar-refractivity contribution in [3.8, 4) is 0 Å². The van der Waals surface area contributed by atoms with Crippen molar-refractivity contribution in [3.63, 3.8) is 0 Å². The molecule has 9 heteroatoms. The van der Waals surface area contributed by atoms with Crippen molar-refractivity contribution < 1.29 is 23.8 Å². The Morgan fingerprint density at radius 1 is 1.25 bits per heavy atom. The number of carbonyl (C=O) groups excluding carboxylic acids is 2. The Labute approximate surface area is 139 Å². The molecule has 3 heterocycles. The second kappa shape index (κ2) is 7.73. The zero-order chi connectivity index (χ0) is 16.9. The lowest BCUT2D eigenvalue weighted by molar-refractivity contribution is -0.157. The minimum atomic E-state index is -0.642. The Kier molecular flexibility index (Phi) is 5.44. The predicted octanol–water partition coefficient (Wildman–Crippen LogP) is -0.516. The van der Waals surface area contributed by atoms with Gasteiger partial charge in [-0.25, -0.2) is 0 Å². The number of amides is 2. The van der Waals surface area contributed by atoms with Crippen molar-refractivity contribution in [3.05, 3.63) is 12.4 Å². The van der Waals surface area contributed by atoms with Crippen molar-refractivity contribution in [1.29, 1.82) is 0 Å². The maximum Gasteiger partial charge on any atom is 0.256 e. The van der Waals surface area contributed by atoms with Crippen molar-refractivity contribution >= 4 is 17.5 Å². The first kappa shape index (κ1) is 16.9. The summed E-state index contributed by atoms with van der Waals surface area (Å²) in [5, 5.41) is 6.86. The fourth-order valence-electron chi connectivity index (χ4n) is 2.70. The third-order valence-electron chi connectivity index (χ3n) is 4.01. The van der Waals surface area contributed by atoms with Crippen LogP contribution in [-0.2, 0) is 30.3 Å². The van der Waals surface area contributed by atoms with E-state index in [-0.39, 0.29) is 24.5 Å². The number of rotatable bonds is 4. The number of hydrogen-bond donors (Lipinski definition) is 1. The van der Waals surface area contributed by atoms with Crippen LogP contribution >= 0.6 is 0 Å². The summed E-state index contributed by atoms with van der Waals surface area (Å²) in [6, 6.07) is 0. The van der Waals surface area contributed by atoms with Crippen LogP contribution in [0.2, 0.25) is 0 Å². The quantitative estimate of drug-likeness (QED) is 0.794. The van der Waals surface area contributed by atoms with Gasteiger partial charge in [-0.3, -0.25) is 14.3 Å². The highest BCUT2D eigenvalue weighted by molar-refractivity contribution is 5.94. The number of ether oxygens (including phenoxy) is 3. The maximum atomic E-state index is 12.2. The average molecular weight is 338 g/mol. The number of morpholine rings is 1. The second-order valence-electron chi connectivity index (χ2n) is 5.78. The predicted molar refractivity (Wildman–Crippen MR) is 83.4 cm³/mol. The Bertz CT molecular complexity index is 584. The number of carbonyl (C=O) groups is 2. The van der Waals surface area contributed by atoms with Crippen LogP contribution in [0, 0.1) is 0 Å². The van der Waals surface area contributed by atoms with Gasteiger partial charge in [-0.2, -0.15) is 5.10 Å². The Hall–Kier alpha value is -1.97. The van der Waals surface area contributed by atoms with E-state index in [1.54, 1.807) is 18.0 Å². The molecule has 2 amide bonds. The first-order chi connectivity index (χ1) is 11.6. The minimum absolute atomic E-state index is 0.0167. The molecule has 0 bridgehead atoms. The van der Waals surface area contributed by atoms with Crippen LogP contribution in [0.4, 0.5) is 5.69 Å². The first-order valence-corrected chi connectivity index (χ1v) is 8.05. The summed E-state index contributed by atoms with van der Waals surface area (Å²) in [5.41, 5.74) is 0.524. The average Bonchev–Trinajstić information content (AvgIpc) is 3.02. The number of anilines is 1. The number of nitrogens with zero attached hydrogens (tertiary/aromatic N) is 3. The molecule has 0 spiro atoms. The van der Waals surface area contributed by atoms with Gasteiger partial charge < -0.3 is 24.4 Å². The van der Waals surface area contributed by atoms with E-state index in [0.717, 1.165) is 0 Å². The molecule has 0 radical (unpaired) electrons. The van der Waals surface area contributed by atoms with Gasteiger partial charge in [0.25, 0.3) is 5.91 Å². The van der Waals surface area contributed by atoms with Crippen LogP contribution in [0.3, 0.4) is 0 Å². The van der Waals surface area contributed by atoms with Gasteiger partial charge >= 0.3 is 0 Å². The summed E-state index contributed by atoms with van der Waals surface area (Å²) < 4.78 is 17.6. The summed E-state index contributed by atoms with van der Waals surface area (Å²) in [4.78, 5) is 26.1. The maximum absolute atomic E-state index is 12.2. The zero-order valence-electron chi connectivity index (χ0n) is 13.6. The third kappa shape index (κ3) is 4.11. The van der Waals surface area contributed by atoms with Crippen molar-refractivity contribution in [2.24, 2.45) is 0 Å². The fraction of sp³-hybridized carbons (Fsp3) is 0.667. The highest BCUT2D eigenvalue weighted by atomic mass is 16.6. The highest BCUT2D eigenvalue weighted by Gasteiger charge is 2.30. The molecule has 132 valence electrons. The van der Waals surface area contributed by atoms with E-state index in [2.05, 4.69) is 10.4 Å². The number of nitrogens with one attached hydrogen (secondary N) is 1. The summed E-state index contributed by atoms with van der Waals surface area (Å²) in [6.07, 6.45) is 2.21. The van der Waals surface area contributed by atoms with Crippen LogP contribution in [0.5, 0.6) is 0 Å². The largest absolute Gasteiger partial charge is 0.378 e. The summed E-state index contributed by atoms with van der Waals surface area (Å²) in [5.74, 6) is -0.293. The molecule has 3 rings (SSSR count). The molecule has 1 aromatic rings. The minimum Gasteiger partial charge on any atom is -0.378 e. The van der Waals surface area contributed by atoms with Crippen LogP contribution in [0.15, 0.2) is 12.4 Å². The van der Waals surface area contributed by atoms with Gasteiger partial charge in [0, 0.05) is 19.3 Å². The molecule has 1 aromatic heterocycles. The summed E-state index contributed by atoms with van der Waals surface area (Å²) >= 11 is 0. The van der Waals surface area contributed by atoms with E-state index in [0.29, 0.717) is 45.2 Å². The van der Waals surface area contributed by atoms with Gasteiger partial charge in [0.05, 0.1) is 44.4 Å². The molecule has 2 aliphatic rings. The molecule has 0 aliphatic carbocycles. The molecule has 0 saturated carbocycles. The molecule has 2 atom stereocenters. The SMILES string of the molecule is C[C@@H]1OCCO[C@@H]1C(=O)Nc1cnn(CC(=O)N2CCOCC2)c1. The standard InChI is InChI=1S/C15H22N4O5/c1-11-14(24-7-6-23-11)15(21)17-12-8-16-19(9-12)10-13(20)18-2-4-22-5-3-18/h8-9,11,14H,2-7,10H2,1H3,(H,17,21)/t11-,14-/m0/s1. The summed E-state index contributed by atoms with van der Waals surface area (Å²) in [7, 11) is 0. The lowest BCUT2D eigenvalue weighted by Crippen LogP contribution is -2.44. The van der Waals surface area contributed by atoms with Gasteiger partial charge in [0.2, 0.25) is 5.91 Å². The van der Waals surface area contributed by atoms with Crippen LogP contribution < -0.4 is 5.32 Å². The van der Waals surface area contributed by atoms with Gasteiger partial charge in [-0.1, -0.05) is 0 Å². The van der Waals surface area contributed by atoms with Crippen molar-refractivity contribution in [1.82, 2.24) is 14.7 Å². The molecular weight excluding hydrogens is 316 g/mol. The van der Waals surface area contributed by atoms with Gasteiger partial charge in [0.15, 0.2) is 6.10 Å². The van der Waals surface area contributed by atoms with Crippen LogP contribution in [0.1, 0.15) is 6.92 Å². The third-order valence-corrected chi connectivity index (χ3v) is 4.01. The summed E-state index contributed by atoms with van der Waals surface area (Å²) in [6.45, 7) is 5.15. The van der Waals surface area contributed by atoms with E-state index in [9.17, 15) is 9.59 Å².